The molecule has 5 rings (SSSR count). The van der Waals surface area contributed by atoms with Crippen LogP contribution in [0.4, 0.5) is 4.79 Å². The van der Waals surface area contributed by atoms with E-state index < -0.39 is 11.2 Å². The van der Waals surface area contributed by atoms with E-state index in [2.05, 4.69) is 39.0 Å². The van der Waals surface area contributed by atoms with Crippen molar-refractivity contribution in [1.82, 2.24) is 14.7 Å². The van der Waals surface area contributed by atoms with Crippen LogP contribution >= 0.6 is 0 Å². The van der Waals surface area contributed by atoms with Crippen LogP contribution < -0.4 is 4.74 Å². The molecule has 2 aromatic rings. The van der Waals surface area contributed by atoms with Crippen molar-refractivity contribution in [3.63, 3.8) is 0 Å². The Bertz CT molecular complexity index is 1480. The lowest BCUT2D eigenvalue weighted by atomic mass is 9.83. The average Bonchev–Trinajstić information content (AvgIpc) is 3.06. The molecule has 0 bridgehead atoms. The molecule has 8 nitrogen and oxygen atoms in total. The molecule has 2 saturated heterocycles. The van der Waals surface area contributed by atoms with E-state index in [1.165, 1.54) is 37.7 Å². The standard InChI is InChI=1S/C41H59N3O5/c1-39(2,3)35-28-43(23-24-44(35)38(47)49-40(4,5)6)37(46)41(7,8)48-34-21-13-18-31(26-34)33-20-14-22-42(27-33)36(45)32-19-12-17-30(25-32)29-15-10-9-11-16-29/h12-13,17-19,21,25-26,29,33,35H,9-11,14-16,20,22-24,27-28H2,1-8H3. The zero-order valence-corrected chi connectivity index (χ0v) is 31.2. The molecule has 3 amide bonds. The van der Waals surface area contributed by atoms with Gasteiger partial charge in [0.1, 0.15) is 11.4 Å². The number of benzene rings is 2. The highest BCUT2D eigenvalue weighted by molar-refractivity contribution is 5.94. The van der Waals surface area contributed by atoms with E-state index in [0.29, 0.717) is 37.8 Å². The lowest BCUT2D eigenvalue weighted by Gasteiger charge is -2.48. The largest absolute Gasteiger partial charge is 0.478 e. The van der Waals surface area contributed by atoms with Gasteiger partial charge in [-0.1, -0.05) is 64.3 Å². The first-order chi connectivity index (χ1) is 23.0. The third-order valence-electron chi connectivity index (χ3n) is 10.4. The molecule has 268 valence electrons. The zero-order chi connectivity index (χ0) is 35.6. The molecule has 0 N–H and O–H groups in total. The van der Waals surface area contributed by atoms with Crippen LogP contribution in [0.25, 0.3) is 0 Å². The molecule has 3 fully saturated rings. The lowest BCUT2D eigenvalue weighted by Crippen LogP contribution is -2.63. The minimum atomic E-state index is -1.12. The Balaban J connectivity index is 1.23. The molecule has 2 atom stereocenters. The van der Waals surface area contributed by atoms with Gasteiger partial charge >= 0.3 is 6.09 Å². The van der Waals surface area contributed by atoms with Gasteiger partial charge < -0.3 is 24.2 Å². The summed E-state index contributed by atoms with van der Waals surface area (Å²) >= 11 is 0. The van der Waals surface area contributed by atoms with Crippen molar-refractivity contribution in [3.05, 3.63) is 65.2 Å². The highest BCUT2D eigenvalue weighted by atomic mass is 16.6. The fourth-order valence-corrected chi connectivity index (χ4v) is 7.78. The Kier molecular flexibility index (Phi) is 11.0. The van der Waals surface area contributed by atoms with Crippen LogP contribution in [-0.2, 0) is 9.53 Å². The van der Waals surface area contributed by atoms with Crippen LogP contribution in [0, 0.1) is 5.41 Å². The summed E-state index contributed by atoms with van der Waals surface area (Å²) in [7, 11) is 0. The van der Waals surface area contributed by atoms with Gasteiger partial charge in [0.15, 0.2) is 5.60 Å². The maximum Gasteiger partial charge on any atom is 0.410 e. The normalized spacial score (nSPS) is 21.3. The van der Waals surface area contributed by atoms with E-state index in [-0.39, 0.29) is 35.3 Å². The van der Waals surface area contributed by atoms with Crippen molar-refractivity contribution in [3.8, 4) is 5.75 Å². The SMILES string of the molecule is CC(C)(C)OC(=O)N1CCN(C(=O)C(C)(C)Oc2cccc(C3CCCN(C(=O)c4cccc(C5CCCCC5)c4)C3)c2)CC1C(C)(C)C. The maximum atomic E-state index is 14.0. The monoisotopic (exact) mass is 673 g/mol. The van der Waals surface area contributed by atoms with Crippen molar-refractivity contribution in [2.24, 2.45) is 5.41 Å². The van der Waals surface area contributed by atoms with Gasteiger partial charge in [-0.2, -0.15) is 0 Å². The molecule has 49 heavy (non-hydrogen) atoms. The van der Waals surface area contributed by atoms with Crippen molar-refractivity contribution in [2.75, 3.05) is 32.7 Å². The Morgan fingerprint density at radius 2 is 1.35 bits per heavy atom. The van der Waals surface area contributed by atoms with Crippen LogP contribution in [0.3, 0.4) is 0 Å². The van der Waals surface area contributed by atoms with Crippen LogP contribution in [0.2, 0.25) is 0 Å². The molecule has 3 aliphatic rings. The molecule has 0 aromatic heterocycles. The molecule has 2 aromatic carbocycles. The second-order valence-electron chi connectivity index (χ2n) is 17.0. The minimum Gasteiger partial charge on any atom is -0.478 e. The van der Waals surface area contributed by atoms with E-state index in [1.807, 2.05) is 74.8 Å². The number of hydrogen-bond donors (Lipinski definition) is 0. The molecular formula is C41H59N3O5. The number of rotatable bonds is 6. The summed E-state index contributed by atoms with van der Waals surface area (Å²) < 4.78 is 12.2. The van der Waals surface area contributed by atoms with Gasteiger partial charge in [-0.3, -0.25) is 9.59 Å². The van der Waals surface area contributed by atoms with Crippen molar-refractivity contribution < 1.29 is 23.9 Å². The first kappa shape index (κ1) is 36.7. The summed E-state index contributed by atoms with van der Waals surface area (Å²) in [6, 6.07) is 16.2. The molecule has 8 heteroatoms. The summed E-state index contributed by atoms with van der Waals surface area (Å²) in [5, 5.41) is 0. The molecule has 2 unspecified atom stereocenters. The van der Waals surface area contributed by atoms with Gasteiger partial charge in [0.2, 0.25) is 0 Å². The number of piperidine rings is 1. The smallest absolute Gasteiger partial charge is 0.410 e. The lowest BCUT2D eigenvalue weighted by molar-refractivity contribution is -0.149. The average molecular weight is 674 g/mol. The van der Waals surface area contributed by atoms with Crippen molar-refractivity contribution >= 4 is 17.9 Å². The molecule has 1 aliphatic carbocycles. The second-order valence-corrected chi connectivity index (χ2v) is 17.0. The third-order valence-corrected chi connectivity index (χ3v) is 10.4. The number of piperazine rings is 1. The fourth-order valence-electron chi connectivity index (χ4n) is 7.78. The summed E-state index contributed by atoms with van der Waals surface area (Å²) in [6.07, 6.45) is 7.88. The Labute approximate surface area is 294 Å². The van der Waals surface area contributed by atoms with E-state index in [0.717, 1.165) is 30.5 Å². The van der Waals surface area contributed by atoms with E-state index >= 15 is 0 Å². The summed E-state index contributed by atoms with van der Waals surface area (Å²) in [5.41, 5.74) is 1.24. The number of carbonyl (C=O) groups excluding carboxylic acids is 3. The fraction of sp³-hybridized carbons (Fsp3) is 0.634. The van der Waals surface area contributed by atoms with E-state index in [1.54, 1.807) is 4.90 Å². The van der Waals surface area contributed by atoms with Gasteiger partial charge in [-0.25, -0.2) is 4.79 Å². The first-order valence-electron chi connectivity index (χ1n) is 18.5. The van der Waals surface area contributed by atoms with E-state index in [4.69, 9.17) is 9.47 Å². The molecule has 2 heterocycles. The third kappa shape index (κ3) is 9.17. The topological polar surface area (TPSA) is 79.4 Å². The number of nitrogens with zero attached hydrogens (tertiary/aromatic N) is 3. The summed E-state index contributed by atoms with van der Waals surface area (Å²) in [6.45, 7) is 18.1. The van der Waals surface area contributed by atoms with Crippen LogP contribution in [0.1, 0.15) is 134 Å². The molecule has 0 radical (unpaired) electrons. The van der Waals surface area contributed by atoms with Gasteiger partial charge in [0.05, 0.1) is 6.04 Å². The summed E-state index contributed by atoms with van der Waals surface area (Å²) in [5.74, 6) is 1.40. The second kappa shape index (κ2) is 14.7. The molecular weight excluding hydrogens is 614 g/mol. The van der Waals surface area contributed by atoms with Crippen molar-refractivity contribution in [2.45, 2.75) is 129 Å². The predicted octanol–water partition coefficient (Wildman–Crippen LogP) is 8.41. The van der Waals surface area contributed by atoms with Gasteiger partial charge in [-0.15, -0.1) is 0 Å². The Morgan fingerprint density at radius 1 is 0.694 bits per heavy atom. The van der Waals surface area contributed by atoms with Crippen LogP contribution in [0.15, 0.2) is 48.5 Å². The molecule has 1 saturated carbocycles. The number of amides is 3. The Morgan fingerprint density at radius 3 is 2.02 bits per heavy atom. The first-order valence-corrected chi connectivity index (χ1v) is 18.5. The number of carbonyl (C=O) groups is 3. The van der Waals surface area contributed by atoms with Gasteiger partial charge in [0, 0.05) is 44.2 Å². The van der Waals surface area contributed by atoms with Crippen molar-refractivity contribution in [1.29, 1.82) is 0 Å². The predicted molar refractivity (Wildman–Crippen MR) is 194 cm³/mol. The highest BCUT2D eigenvalue weighted by Crippen LogP contribution is 2.35. The maximum absolute atomic E-state index is 14.0. The minimum absolute atomic E-state index is 0.110. The Hall–Kier alpha value is -3.55. The van der Waals surface area contributed by atoms with Gasteiger partial charge in [0.25, 0.3) is 11.8 Å². The van der Waals surface area contributed by atoms with Crippen LogP contribution in [-0.4, -0.2) is 82.6 Å². The molecule has 2 aliphatic heterocycles. The number of ether oxygens (including phenoxy) is 2. The van der Waals surface area contributed by atoms with Crippen LogP contribution in [0.5, 0.6) is 5.75 Å². The quantitative estimate of drug-likeness (QED) is 0.308. The number of hydrogen-bond acceptors (Lipinski definition) is 5. The highest BCUT2D eigenvalue weighted by Gasteiger charge is 2.44. The molecule has 0 spiro atoms. The zero-order valence-electron chi connectivity index (χ0n) is 31.2. The number of likely N-dealkylation sites (tertiary alicyclic amines) is 1. The summed E-state index contributed by atoms with van der Waals surface area (Å²) in [4.78, 5) is 46.4. The van der Waals surface area contributed by atoms with E-state index in [9.17, 15) is 14.4 Å². The van der Waals surface area contributed by atoms with Gasteiger partial charge in [-0.05, 0) is 107 Å².